The molecule has 0 amide bonds. The molecule has 1 N–H and O–H groups in total. The zero-order valence-electron chi connectivity index (χ0n) is 17.7. The molecule has 1 fully saturated rings. The number of para-hydroxylation sites is 1. The summed E-state index contributed by atoms with van der Waals surface area (Å²) < 4.78 is 0. The van der Waals surface area contributed by atoms with Gasteiger partial charge in [-0.15, -0.1) is 0 Å². The maximum atomic E-state index is 5.07. The van der Waals surface area contributed by atoms with Crippen LogP contribution in [-0.2, 0) is 19.4 Å². The first-order valence-electron chi connectivity index (χ1n) is 11.3. The highest BCUT2D eigenvalue weighted by Gasteiger charge is 2.26. The maximum absolute atomic E-state index is 5.07. The number of fused-ring (bicyclic) bond motifs is 2. The number of nitrogens with zero attached hydrogens (tertiary/aromatic N) is 4. The lowest BCUT2D eigenvalue weighted by molar-refractivity contribution is 0.247. The Bertz CT molecular complexity index is 1170. The second kappa shape index (κ2) is 7.82. The summed E-state index contributed by atoms with van der Waals surface area (Å²) in [5, 5.41) is 1.29. The lowest BCUT2D eigenvalue weighted by atomic mass is 10.1. The summed E-state index contributed by atoms with van der Waals surface area (Å²) in [4.78, 5) is 18.6. The van der Waals surface area contributed by atoms with E-state index in [9.17, 15) is 0 Å². The molecule has 4 aromatic rings. The van der Waals surface area contributed by atoms with Crippen LogP contribution in [0.2, 0.25) is 0 Å². The number of anilines is 1. The molecule has 6 rings (SSSR count). The summed E-state index contributed by atoms with van der Waals surface area (Å²) >= 11 is 0. The van der Waals surface area contributed by atoms with Gasteiger partial charge in [-0.3, -0.25) is 4.90 Å². The fourth-order valence-corrected chi connectivity index (χ4v) is 4.97. The van der Waals surface area contributed by atoms with Gasteiger partial charge in [-0.25, -0.2) is 9.97 Å². The Balaban J connectivity index is 1.20. The van der Waals surface area contributed by atoms with Crippen LogP contribution < -0.4 is 4.90 Å². The summed E-state index contributed by atoms with van der Waals surface area (Å²) in [6, 6.07) is 21.2. The van der Waals surface area contributed by atoms with Crippen LogP contribution in [0.5, 0.6) is 0 Å². The molecule has 0 unspecified atom stereocenters. The summed E-state index contributed by atoms with van der Waals surface area (Å²) in [5.41, 5.74) is 6.26. The van der Waals surface area contributed by atoms with Crippen molar-refractivity contribution in [1.82, 2.24) is 19.9 Å². The normalized spacial score (nSPS) is 16.7. The molecule has 0 spiro atoms. The summed E-state index contributed by atoms with van der Waals surface area (Å²) in [6.07, 6.45) is 3.37. The first-order valence-corrected chi connectivity index (χ1v) is 11.3. The molecular weight excluding hydrogens is 382 g/mol. The van der Waals surface area contributed by atoms with E-state index in [1.165, 1.54) is 40.1 Å². The largest absolute Gasteiger partial charge is 0.357 e. The molecule has 5 heteroatoms. The number of benzene rings is 2. The van der Waals surface area contributed by atoms with Gasteiger partial charge < -0.3 is 9.88 Å². The van der Waals surface area contributed by atoms with Gasteiger partial charge in [-0.05, 0) is 36.8 Å². The van der Waals surface area contributed by atoms with Crippen molar-refractivity contribution in [3.05, 3.63) is 77.6 Å². The van der Waals surface area contributed by atoms with Crippen LogP contribution in [0.3, 0.4) is 0 Å². The summed E-state index contributed by atoms with van der Waals surface area (Å²) in [6.45, 7) is 5.10. The molecule has 5 nitrogen and oxygen atoms in total. The quantitative estimate of drug-likeness (QED) is 0.542. The predicted molar refractivity (Wildman–Crippen MR) is 125 cm³/mol. The molecule has 2 aliphatic rings. The topological polar surface area (TPSA) is 48.1 Å². The van der Waals surface area contributed by atoms with E-state index in [1.807, 2.05) is 6.07 Å². The second-order valence-corrected chi connectivity index (χ2v) is 8.66. The number of hydrogen-bond donors (Lipinski definition) is 1. The number of nitrogens with one attached hydrogen (secondary N) is 1. The van der Waals surface area contributed by atoms with Gasteiger partial charge in [0.1, 0.15) is 5.82 Å². The highest BCUT2D eigenvalue weighted by Crippen LogP contribution is 2.32. The van der Waals surface area contributed by atoms with E-state index in [4.69, 9.17) is 9.97 Å². The van der Waals surface area contributed by atoms with Gasteiger partial charge in [0.05, 0.1) is 0 Å². The Morgan fingerprint density at radius 3 is 2.48 bits per heavy atom. The van der Waals surface area contributed by atoms with Gasteiger partial charge in [-0.2, -0.15) is 0 Å². The molecule has 0 bridgehead atoms. The van der Waals surface area contributed by atoms with Crippen molar-refractivity contribution < 1.29 is 0 Å². The highest BCUT2D eigenvalue weighted by molar-refractivity contribution is 5.80. The number of aromatic amines is 1. The smallest absolute Gasteiger partial charge is 0.161 e. The van der Waals surface area contributed by atoms with Crippen molar-refractivity contribution in [3.63, 3.8) is 0 Å². The van der Waals surface area contributed by atoms with Gasteiger partial charge in [-0.1, -0.05) is 48.5 Å². The zero-order chi connectivity index (χ0) is 20.6. The first kappa shape index (κ1) is 18.6. The number of rotatable bonds is 4. The van der Waals surface area contributed by atoms with E-state index in [-0.39, 0.29) is 0 Å². The molecule has 3 heterocycles. The first-order chi connectivity index (χ1) is 15.3. The minimum Gasteiger partial charge on any atom is -0.357 e. The molecule has 2 aromatic heterocycles. The van der Waals surface area contributed by atoms with E-state index in [1.54, 1.807) is 0 Å². The van der Waals surface area contributed by atoms with Crippen molar-refractivity contribution in [2.75, 3.05) is 31.1 Å². The summed E-state index contributed by atoms with van der Waals surface area (Å²) in [7, 11) is 0. The van der Waals surface area contributed by atoms with Crippen molar-refractivity contribution in [1.29, 1.82) is 0 Å². The average molecular weight is 410 g/mol. The highest BCUT2D eigenvalue weighted by atomic mass is 15.3. The molecule has 0 atom stereocenters. The van der Waals surface area contributed by atoms with Crippen LogP contribution in [0.25, 0.3) is 22.3 Å². The molecule has 1 saturated heterocycles. The third-order valence-corrected chi connectivity index (χ3v) is 6.59. The Kier molecular flexibility index (Phi) is 4.69. The van der Waals surface area contributed by atoms with Crippen LogP contribution >= 0.6 is 0 Å². The van der Waals surface area contributed by atoms with Crippen molar-refractivity contribution in [3.8, 4) is 11.4 Å². The number of H-pyrrole nitrogens is 1. The van der Waals surface area contributed by atoms with Crippen LogP contribution in [-0.4, -0.2) is 46.0 Å². The monoisotopic (exact) mass is 409 g/mol. The van der Waals surface area contributed by atoms with Gasteiger partial charge in [0.25, 0.3) is 0 Å². The van der Waals surface area contributed by atoms with Crippen molar-refractivity contribution in [2.24, 2.45) is 0 Å². The number of piperazine rings is 1. The molecule has 1 aliphatic heterocycles. The Morgan fingerprint density at radius 2 is 1.65 bits per heavy atom. The lowest BCUT2D eigenvalue weighted by Gasteiger charge is -2.36. The van der Waals surface area contributed by atoms with Crippen molar-refractivity contribution >= 4 is 16.7 Å². The molecular formula is C26H27N5. The van der Waals surface area contributed by atoms with Gasteiger partial charge >= 0.3 is 0 Å². The van der Waals surface area contributed by atoms with E-state index >= 15 is 0 Å². The maximum Gasteiger partial charge on any atom is 0.161 e. The second-order valence-electron chi connectivity index (χ2n) is 8.66. The van der Waals surface area contributed by atoms with E-state index in [0.717, 1.165) is 57.0 Å². The van der Waals surface area contributed by atoms with E-state index < -0.39 is 0 Å². The van der Waals surface area contributed by atoms with Crippen LogP contribution in [0.4, 0.5) is 5.82 Å². The summed E-state index contributed by atoms with van der Waals surface area (Å²) in [5.74, 6) is 2.04. The number of aryl methyl sites for hydroxylation is 1. The van der Waals surface area contributed by atoms with Crippen molar-refractivity contribution in [2.45, 2.75) is 25.8 Å². The molecule has 1 aliphatic carbocycles. The Hall–Kier alpha value is -3.18. The average Bonchev–Trinajstić information content (AvgIpc) is 3.46. The number of aromatic nitrogens is 3. The van der Waals surface area contributed by atoms with Gasteiger partial charge in [0, 0.05) is 60.8 Å². The molecule has 31 heavy (non-hydrogen) atoms. The van der Waals surface area contributed by atoms with Gasteiger partial charge in [0.15, 0.2) is 5.82 Å². The van der Waals surface area contributed by atoms with E-state index in [2.05, 4.69) is 69.4 Å². The fraction of sp³-hybridized carbons (Fsp3) is 0.308. The van der Waals surface area contributed by atoms with Crippen LogP contribution in [0.15, 0.2) is 60.7 Å². The minimum atomic E-state index is 0.872. The van der Waals surface area contributed by atoms with E-state index in [0.29, 0.717) is 0 Å². The van der Waals surface area contributed by atoms with Crippen LogP contribution in [0.1, 0.15) is 23.4 Å². The minimum absolute atomic E-state index is 0.872. The zero-order valence-corrected chi connectivity index (χ0v) is 17.7. The predicted octanol–water partition coefficient (Wildman–Crippen LogP) is 4.44. The third kappa shape index (κ3) is 3.59. The Labute approximate surface area is 182 Å². The lowest BCUT2D eigenvalue weighted by Crippen LogP contribution is -2.46. The van der Waals surface area contributed by atoms with Crippen LogP contribution in [0, 0.1) is 0 Å². The molecule has 156 valence electrons. The van der Waals surface area contributed by atoms with Gasteiger partial charge in [0.2, 0.25) is 0 Å². The fourth-order valence-electron chi connectivity index (χ4n) is 4.97. The SMILES string of the molecule is c1ccc(-c2nc3c(c(N4CCN(Cc5cc6ccccc6[nH]5)CC4)n2)CCC3)cc1. The molecule has 0 saturated carbocycles. The third-order valence-electron chi connectivity index (χ3n) is 6.59. The standard InChI is InChI=1S/C26H27N5/c1-2-7-19(8-3-1)25-28-24-12-6-10-22(24)26(29-25)31-15-13-30(14-16-31)18-21-17-20-9-4-5-11-23(20)27-21/h1-5,7-9,11,17,27H,6,10,12-16,18H2. The molecule has 0 radical (unpaired) electrons. The molecule has 2 aromatic carbocycles. The Morgan fingerprint density at radius 1 is 0.839 bits per heavy atom. The number of hydrogen-bond acceptors (Lipinski definition) is 4.